The highest BCUT2D eigenvalue weighted by Crippen LogP contribution is 2.22. The monoisotopic (exact) mass is 220 g/mol. The van der Waals surface area contributed by atoms with Crippen molar-refractivity contribution in [1.82, 2.24) is 9.88 Å². The number of carbonyl (C=O) groups excluding carboxylic acids is 1. The molecule has 3 heteroatoms. The fraction of sp³-hybridized carbons (Fsp3) is 0.615. The lowest BCUT2D eigenvalue weighted by atomic mass is 9.97. The first-order valence-corrected chi connectivity index (χ1v) is 6.11. The van der Waals surface area contributed by atoms with Crippen molar-refractivity contribution in [2.24, 2.45) is 0 Å². The molecule has 2 atom stereocenters. The second kappa shape index (κ2) is 4.83. The molecule has 2 rings (SSSR count). The summed E-state index contributed by atoms with van der Waals surface area (Å²) in [5.74, 6) is 0.200. The molecule has 0 amide bonds. The lowest BCUT2D eigenvalue weighted by Crippen LogP contribution is -2.46. The molecule has 0 saturated carbocycles. The third kappa shape index (κ3) is 2.35. The number of H-pyrrole nitrogens is 1. The predicted octanol–water partition coefficient (Wildman–Crippen LogP) is 2.46. The van der Waals surface area contributed by atoms with Crippen LogP contribution in [0.15, 0.2) is 18.3 Å². The van der Waals surface area contributed by atoms with Gasteiger partial charge in [-0.3, -0.25) is 9.69 Å². The van der Waals surface area contributed by atoms with Crippen molar-refractivity contribution in [2.45, 2.75) is 45.2 Å². The average Bonchev–Trinajstić information content (AvgIpc) is 2.76. The van der Waals surface area contributed by atoms with E-state index in [1.807, 2.05) is 12.1 Å². The summed E-state index contributed by atoms with van der Waals surface area (Å²) in [6.45, 7) is 4.98. The van der Waals surface area contributed by atoms with Gasteiger partial charge in [0.05, 0.1) is 12.2 Å². The lowest BCUT2D eigenvalue weighted by Gasteiger charge is -2.38. The molecule has 1 saturated heterocycles. The van der Waals surface area contributed by atoms with Crippen LogP contribution in [0.1, 0.15) is 43.6 Å². The van der Waals surface area contributed by atoms with E-state index >= 15 is 0 Å². The van der Waals surface area contributed by atoms with Gasteiger partial charge in [0, 0.05) is 18.3 Å². The summed E-state index contributed by atoms with van der Waals surface area (Å²) >= 11 is 0. The topological polar surface area (TPSA) is 36.1 Å². The normalized spacial score (nSPS) is 26.9. The molecule has 0 radical (unpaired) electrons. The summed E-state index contributed by atoms with van der Waals surface area (Å²) in [6, 6.07) is 4.78. The number of carbonyl (C=O) groups is 1. The van der Waals surface area contributed by atoms with Crippen LogP contribution >= 0.6 is 0 Å². The molecule has 0 bridgehead atoms. The lowest BCUT2D eigenvalue weighted by molar-refractivity contribution is 0.0730. The average molecular weight is 220 g/mol. The van der Waals surface area contributed by atoms with Crippen molar-refractivity contribution in [3.05, 3.63) is 24.0 Å². The van der Waals surface area contributed by atoms with Crippen LogP contribution in [0.3, 0.4) is 0 Å². The third-order valence-corrected chi connectivity index (χ3v) is 3.60. The number of ketones is 1. The van der Waals surface area contributed by atoms with Gasteiger partial charge in [0.1, 0.15) is 0 Å². The van der Waals surface area contributed by atoms with Crippen LogP contribution in [0.4, 0.5) is 0 Å². The predicted molar refractivity (Wildman–Crippen MR) is 64.6 cm³/mol. The molecule has 1 aliphatic heterocycles. The van der Waals surface area contributed by atoms with Crippen molar-refractivity contribution in [2.75, 3.05) is 6.54 Å². The summed E-state index contributed by atoms with van der Waals surface area (Å²) in [7, 11) is 0. The van der Waals surface area contributed by atoms with Crippen molar-refractivity contribution in [3.63, 3.8) is 0 Å². The first-order valence-electron chi connectivity index (χ1n) is 6.11. The molecule has 1 N–H and O–H groups in total. The van der Waals surface area contributed by atoms with Crippen molar-refractivity contribution < 1.29 is 4.79 Å². The maximum Gasteiger partial charge on any atom is 0.192 e. The highest BCUT2D eigenvalue weighted by atomic mass is 16.1. The third-order valence-electron chi connectivity index (χ3n) is 3.60. The molecular formula is C13H20N2O. The van der Waals surface area contributed by atoms with E-state index in [-0.39, 0.29) is 5.78 Å². The Bertz CT molecular complexity index is 335. The smallest absolute Gasteiger partial charge is 0.192 e. The minimum absolute atomic E-state index is 0.200. The molecule has 1 aromatic heterocycles. The van der Waals surface area contributed by atoms with E-state index in [9.17, 15) is 4.79 Å². The highest BCUT2D eigenvalue weighted by Gasteiger charge is 2.26. The van der Waals surface area contributed by atoms with Crippen LogP contribution in [0, 0.1) is 0 Å². The fourth-order valence-electron chi connectivity index (χ4n) is 2.54. The van der Waals surface area contributed by atoms with E-state index in [1.165, 1.54) is 19.3 Å². The number of nitrogens with zero attached hydrogens (tertiary/aromatic N) is 1. The Morgan fingerprint density at radius 3 is 2.69 bits per heavy atom. The Morgan fingerprint density at radius 1 is 1.44 bits per heavy atom. The minimum atomic E-state index is 0.200. The van der Waals surface area contributed by atoms with E-state index < -0.39 is 0 Å². The molecular weight excluding hydrogens is 200 g/mol. The van der Waals surface area contributed by atoms with Crippen LogP contribution in [-0.2, 0) is 0 Å². The second-order valence-electron chi connectivity index (χ2n) is 4.81. The summed E-state index contributed by atoms with van der Waals surface area (Å²) in [4.78, 5) is 17.3. The molecule has 3 nitrogen and oxygen atoms in total. The number of likely N-dealkylation sites (tertiary alicyclic amines) is 1. The quantitative estimate of drug-likeness (QED) is 0.794. The van der Waals surface area contributed by atoms with E-state index in [0.717, 1.165) is 5.69 Å². The molecule has 88 valence electrons. The van der Waals surface area contributed by atoms with Crippen molar-refractivity contribution in [3.8, 4) is 0 Å². The number of piperidine rings is 1. The number of Topliss-reactive ketones (excluding diaryl/α,β-unsaturated/α-hetero) is 1. The zero-order valence-electron chi connectivity index (χ0n) is 10.1. The van der Waals surface area contributed by atoms with Crippen molar-refractivity contribution >= 4 is 5.78 Å². The van der Waals surface area contributed by atoms with E-state index in [1.54, 1.807) is 6.20 Å². The standard InChI is InChI=1S/C13H20N2O/c1-10-5-3-6-11(2)15(10)9-13(16)12-7-4-8-14-12/h4,7-8,10-11,14H,3,5-6,9H2,1-2H3/t10-,11+. The van der Waals surface area contributed by atoms with Crippen LogP contribution in [0.25, 0.3) is 0 Å². The number of rotatable bonds is 3. The molecule has 1 fully saturated rings. The first kappa shape index (κ1) is 11.4. The molecule has 0 spiro atoms. The Hall–Kier alpha value is -1.09. The SMILES string of the molecule is C[C@@H]1CCC[C@H](C)N1CC(=O)c1ccc[nH]1. The number of aromatic nitrogens is 1. The van der Waals surface area contributed by atoms with Gasteiger partial charge in [0.2, 0.25) is 0 Å². The van der Waals surface area contributed by atoms with Gasteiger partial charge in [-0.2, -0.15) is 0 Å². The maximum atomic E-state index is 12.0. The molecule has 0 aliphatic carbocycles. The van der Waals surface area contributed by atoms with Crippen LogP contribution in [0.2, 0.25) is 0 Å². The van der Waals surface area contributed by atoms with Gasteiger partial charge in [-0.15, -0.1) is 0 Å². The number of hydrogen-bond donors (Lipinski definition) is 1. The van der Waals surface area contributed by atoms with Gasteiger partial charge in [-0.05, 0) is 38.8 Å². The van der Waals surface area contributed by atoms with Crippen LogP contribution in [0.5, 0.6) is 0 Å². The summed E-state index contributed by atoms with van der Waals surface area (Å²) in [5.41, 5.74) is 0.727. The maximum absolute atomic E-state index is 12.0. The van der Waals surface area contributed by atoms with E-state index in [0.29, 0.717) is 18.6 Å². The Kier molecular flexibility index (Phi) is 3.44. The Balaban J connectivity index is 2.00. The summed E-state index contributed by atoms with van der Waals surface area (Å²) in [6.07, 6.45) is 5.51. The number of hydrogen-bond acceptors (Lipinski definition) is 2. The number of aromatic amines is 1. The molecule has 2 heterocycles. The zero-order chi connectivity index (χ0) is 11.5. The van der Waals surface area contributed by atoms with E-state index in [4.69, 9.17) is 0 Å². The second-order valence-corrected chi connectivity index (χ2v) is 4.81. The van der Waals surface area contributed by atoms with Gasteiger partial charge in [0.25, 0.3) is 0 Å². The summed E-state index contributed by atoms with van der Waals surface area (Å²) < 4.78 is 0. The van der Waals surface area contributed by atoms with Gasteiger partial charge in [-0.1, -0.05) is 6.42 Å². The fourth-order valence-corrected chi connectivity index (χ4v) is 2.54. The largest absolute Gasteiger partial charge is 0.359 e. The molecule has 16 heavy (non-hydrogen) atoms. The Morgan fingerprint density at radius 2 is 2.12 bits per heavy atom. The first-order chi connectivity index (χ1) is 7.68. The molecule has 1 aliphatic rings. The van der Waals surface area contributed by atoms with E-state index in [2.05, 4.69) is 23.7 Å². The van der Waals surface area contributed by atoms with Crippen molar-refractivity contribution in [1.29, 1.82) is 0 Å². The van der Waals surface area contributed by atoms with Gasteiger partial charge < -0.3 is 4.98 Å². The van der Waals surface area contributed by atoms with Gasteiger partial charge >= 0.3 is 0 Å². The molecule has 1 aromatic rings. The van der Waals surface area contributed by atoms with Gasteiger partial charge in [0.15, 0.2) is 5.78 Å². The zero-order valence-corrected chi connectivity index (χ0v) is 10.1. The number of nitrogens with one attached hydrogen (secondary N) is 1. The summed E-state index contributed by atoms with van der Waals surface area (Å²) in [5, 5.41) is 0. The van der Waals surface area contributed by atoms with Crippen LogP contribution < -0.4 is 0 Å². The Labute approximate surface area is 96.8 Å². The highest BCUT2D eigenvalue weighted by molar-refractivity contribution is 5.95. The van der Waals surface area contributed by atoms with Gasteiger partial charge in [-0.25, -0.2) is 0 Å². The molecule has 0 aromatic carbocycles. The molecule has 0 unspecified atom stereocenters. The minimum Gasteiger partial charge on any atom is -0.359 e. The van der Waals surface area contributed by atoms with Crippen LogP contribution in [-0.4, -0.2) is 34.3 Å².